The summed E-state index contributed by atoms with van der Waals surface area (Å²) in [6.45, 7) is 0.945. The second kappa shape index (κ2) is 4.87. The van der Waals surface area contributed by atoms with Gasteiger partial charge < -0.3 is 15.5 Å². The zero-order valence-corrected chi connectivity index (χ0v) is 10.8. The van der Waals surface area contributed by atoms with Gasteiger partial charge in [-0.2, -0.15) is 0 Å². The van der Waals surface area contributed by atoms with Gasteiger partial charge in [-0.15, -0.1) is 0 Å². The van der Waals surface area contributed by atoms with Gasteiger partial charge in [0, 0.05) is 25.2 Å². The van der Waals surface area contributed by atoms with E-state index in [0.717, 1.165) is 18.2 Å². The van der Waals surface area contributed by atoms with Crippen LogP contribution in [0.15, 0.2) is 12.4 Å². The lowest BCUT2D eigenvalue weighted by Crippen LogP contribution is -2.54. The predicted octanol–water partition coefficient (Wildman–Crippen LogP) is 1.41. The van der Waals surface area contributed by atoms with Crippen LogP contribution in [0.5, 0.6) is 0 Å². The zero-order valence-electron chi connectivity index (χ0n) is 10.8. The molecule has 0 unspecified atom stereocenters. The first kappa shape index (κ1) is 12.1. The lowest BCUT2D eigenvalue weighted by Gasteiger charge is -2.47. The van der Waals surface area contributed by atoms with E-state index in [1.807, 2.05) is 13.1 Å². The van der Waals surface area contributed by atoms with Gasteiger partial charge in [0.15, 0.2) is 0 Å². The average molecular weight is 235 g/mol. The first-order valence-corrected chi connectivity index (χ1v) is 6.07. The standard InChI is InChI=1S/C12H21N5/c1-13-10-7-11(16-9-15-10)14-8-12(17(2)3)5-4-6-12/h7,9H,4-6,8H2,1-3H3,(H2,13,14,15,16). The molecule has 0 atom stereocenters. The summed E-state index contributed by atoms with van der Waals surface area (Å²) in [5.74, 6) is 1.73. The van der Waals surface area contributed by atoms with E-state index in [1.165, 1.54) is 19.3 Å². The molecule has 1 aromatic heterocycles. The Bertz CT molecular complexity index is 373. The highest BCUT2D eigenvalue weighted by Crippen LogP contribution is 2.36. The van der Waals surface area contributed by atoms with Gasteiger partial charge in [-0.1, -0.05) is 0 Å². The molecule has 0 saturated heterocycles. The van der Waals surface area contributed by atoms with Crippen LogP contribution in [0.4, 0.5) is 11.6 Å². The molecule has 2 N–H and O–H groups in total. The van der Waals surface area contributed by atoms with E-state index >= 15 is 0 Å². The molecule has 1 saturated carbocycles. The fraction of sp³-hybridized carbons (Fsp3) is 0.667. The van der Waals surface area contributed by atoms with Crippen molar-refractivity contribution in [2.75, 3.05) is 38.3 Å². The van der Waals surface area contributed by atoms with Crippen LogP contribution in [0.3, 0.4) is 0 Å². The minimum Gasteiger partial charge on any atom is -0.373 e. The number of aromatic nitrogens is 2. The Labute approximate surface area is 103 Å². The van der Waals surface area contributed by atoms with Gasteiger partial charge in [-0.05, 0) is 33.4 Å². The van der Waals surface area contributed by atoms with Gasteiger partial charge in [0.25, 0.3) is 0 Å². The monoisotopic (exact) mass is 235 g/mol. The Kier molecular flexibility index (Phi) is 3.47. The highest BCUT2D eigenvalue weighted by atomic mass is 15.2. The van der Waals surface area contributed by atoms with Crippen LogP contribution in [0, 0.1) is 0 Å². The van der Waals surface area contributed by atoms with Crippen molar-refractivity contribution in [3.05, 3.63) is 12.4 Å². The molecule has 1 aliphatic rings. The molecule has 0 bridgehead atoms. The lowest BCUT2D eigenvalue weighted by atomic mass is 9.75. The molecule has 0 aromatic carbocycles. The van der Waals surface area contributed by atoms with Crippen molar-refractivity contribution in [1.29, 1.82) is 0 Å². The van der Waals surface area contributed by atoms with E-state index in [4.69, 9.17) is 0 Å². The Hall–Kier alpha value is -1.36. The van der Waals surface area contributed by atoms with E-state index in [9.17, 15) is 0 Å². The van der Waals surface area contributed by atoms with Gasteiger partial charge in [0.1, 0.15) is 18.0 Å². The molecule has 0 amide bonds. The first-order chi connectivity index (χ1) is 8.16. The summed E-state index contributed by atoms with van der Waals surface area (Å²) in [5.41, 5.74) is 0.310. The smallest absolute Gasteiger partial charge is 0.131 e. The maximum Gasteiger partial charge on any atom is 0.131 e. The van der Waals surface area contributed by atoms with Gasteiger partial charge in [0.05, 0.1) is 0 Å². The van der Waals surface area contributed by atoms with Crippen molar-refractivity contribution in [2.45, 2.75) is 24.8 Å². The number of hydrogen-bond acceptors (Lipinski definition) is 5. The van der Waals surface area contributed by atoms with Crippen LogP contribution in [0.25, 0.3) is 0 Å². The quantitative estimate of drug-likeness (QED) is 0.808. The van der Waals surface area contributed by atoms with Gasteiger partial charge >= 0.3 is 0 Å². The zero-order chi connectivity index (χ0) is 12.3. The molecule has 17 heavy (non-hydrogen) atoms. The Balaban J connectivity index is 1.97. The van der Waals surface area contributed by atoms with E-state index in [2.05, 4.69) is 39.6 Å². The summed E-state index contributed by atoms with van der Waals surface area (Å²) in [6, 6.07) is 1.93. The minimum absolute atomic E-state index is 0.310. The SMILES string of the molecule is CNc1cc(NCC2(N(C)C)CCC2)ncn1. The summed E-state index contributed by atoms with van der Waals surface area (Å²) in [7, 11) is 6.17. The normalized spacial score (nSPS) is 17.6. The molecule has 0 radical (unpaired) electrons. The fourth-order valence-electron chi connectivity index (χ4n) is 2.21. The van der Waals surface area contributed by atoms with Crippen LogP contribution < -0.4 is 10.6 Å². The van der Waals surface area contributed by atoms with E-state index in [-0.39, 0.29) is 0 Å². The summed E-state index contributed by atoms with van der Waals surface area (Å²) in [4.78, 5) is 10.6. The highest BCUT2D eigenvalue weighted by molar-refractivity contribution is 5.46. The van der Waals surface area contributed by atoms with Crippen LogP contribution in [-0.4, -0.2) is 48.1 Å². The first-order valence-electron chi connectivity index (χ1n) is 6.07. The molecule has 0 spiro atoms. The molecular weight excluding hydrogens is 214 g/mol. The molecule has 2 rings (SSSR count). The third-order valence-electron chi connectivity index (χ3n) is 3.75. The summed E-state index contributed by atoms with van der Waals surface area (Å²) in [5, 5.41) is 6.42. The number of rotatable bonds is 5. The maximum absolute atomic E-state index is 4.23. The van der Waals surface area contributed by atoms with Crippen LogP contribution in [0.1, 0.15) is 19.3 Å². The molecule has 1 fully saturated rings. The number of hydrogen-bond donors (Lipinski definition) is 2. The second-order valence-electron chi connectivity index (χ2n) is 4.86. The average Bonchev–Trinajstić information content (AvgIpc) is 2.27. The molecule has 5 heteroatoms. The third kappa shape index (κ3) is 2.49. The Morgan fingerprint density at radius 3 is 2.53 bits per heavy atom. The van der Waals surface area contributed by atoms with Crippen molar-refractivity contribution in [2.24, 2.45) is 0 Å². The second-order valence-corrected chi connectivity index (χ2v) is 4.86. The third-order valence-corrected chi connectivity index (χ3v) is 3.75. The Morgan fingerprint density at radius 2 is 2.00 bits per heavy atom. The summed E-state index contributed by atoms with van der Waals surface area (Å²) in [6.07, 6.45) is 5.43. The molecule has 5 nitrogen and oxygen atoms in total. The van der Waals surface area contributed by atoms with Crippen molar-refractivity contribution < 1.29 is 0 Å². The number of nitrogens with one attached hydrogen (secondary N) is 2. The van der Waals surface area contributed by atoms with Crippen LogP contribution in [-0.2, 0) is 0 Å². The minimum atomic E-state index is 0.310. The van der Waals surface area contributed by atoms with Crippen molar-refractivity contribution in [3.8, 4) is 0 Å². The molecule has 1 heterocycles. The van der Waals surface area contributed by atoms with Crippen molar-refractivity contribution in [3.63, 3.8) is 0 Å². The molecule has 1 aliphatic carbocycles. The Morgan fingerprint density at radius 1 is 1.29 bits per heavy atom. The van der Waals surface area contributed by atoms with Crippen LogP contribution in [0.2, 0.25) is 0 Å². The molecule has 0 aliphatic heterocycles. The van der Waals surface area contributed by atoms with Gasteiger partial charge in [0.2, 0.25) is 0 Å². The molecular formula is C12H21N5. The van der Waals surface area contributed by atoms with E-state index < -0.39 is 0 Å². The van der Waals surface area contributed by atoms with E-state index in [1.54, 1.807) is 6.33 Å². The van der Waals surface area contributed by atoms with E-state index in [0.29, 0.717) is 5.54 Å². The maximum atomic E-state index is 4.23. The van der Waals surface area contributed by atoms with Crippen molar-refractivity contribution >= 4 is 11.6 Å². The topological polar surface area (TPSA) is 53.1 Å². The number of likely N-dealkylation sites (N-methyl/N-ethyl adjacent to an activating group) is 1. The highest BCUT2D eigenvalue weighted by Gasteiger charge is 2.38. The molecule has 94 valence electrons. The molecule has 1 aromatic rings. The van der Waals surface area contributed by atoms with Gasteiger partial charge in [-0.3, -0.25) is 0 Å². The van der Waals surface area contributed by atoms with Gasteiger partial charge in [-0.25, -0.2) is 9.97 Å². The number of anilines is 2. The lowest BCUT2D eigenvalue weighted by molar-refractivity contribution is 0.0738. The summed E-state index contributed by atoms with van der Waals surface area (Å²) < 4.78 is 0. The van der Waals surface area contributed by atoms with Crippen LogP contribution >= 0.6 is 0 Å². The van der Waals surface area contributed by atoms with Crippen molar-refractivity contribution in [1.82, 2.24) is 14.9 Å². The fourth-order valence-corrected chi connectivity index (χ4v) is 2.21. The predicted molar refractivity (Wildman–Crippen MR) is 70.3 cm³/mol. The number of nitrogens with zero attached hydrogens (tertiary/aromatic N) is 3. The largest absolute Gasteiger partial charge is 0.373 e. The summed E-state index contributed by atoms with van der Waals surface area (Å²) >= 11 is 0.